The first-order valence-electron chi connectivity index (χ1n) is 5.17. The molecule has 1 aromatic carbocycles. The van der Waals surface area contributed by atoms with E-state index in [1.54, 1.807) is 0 Å². The van der Waals surface area contributed by atoms with Gasteiger partial charge in [0.15, 0.2) is 11.5 Å². The van der Waals surface area contributed by atoms with Crippen molar-refractivity contribution in [3.63, 3.8) is 0 Å². The van der Waals surface area contributed by atoms with Crippen molar-refractivity contribution in [3.05, 3.63) is 17.7 Å². The fourth-order valence-corrected chi connectivity index (χ4v) is 2.40. The molecule has 1 N–H and O–H groups in total. The first kappa shape index (κ1) is 15.3. The quantitative estimate of drug-likeness (QED) is 0.855. The van der Waals surface area contributed by atoms with Gasteiger partial charge >= 0.3 is 5.97 Å². The highest BCUT2D eigenvalue weighted by Crippen LogP contribution is 2.34. The third-order valence-corrected chi connectivity index (χ3v) is 4.25. The van der Waals surface area contributed by atoms with E-state index in [1.807, 2.05) is 0 Å². The van der Waals surface area contributed by atoms with E-state index in [0.29, 0.717) is 0 Å². The van der Waals surface area contributed by atoms with Crippen LogP contribution in [0, 0.1) is 0 Å². The van der Waals surface area contributed by atoms with Crippen molar-refractivity contribution in [1.82, 2.24) is 4.31 Å². The SMILES string of the molecule is COc1cc(S(=O)(=O)N(C)C)cc(C(=O)O)c1OC. The van der Waals surface area contributed by atoms with Crippen molar-refractivity contribution in [2.75, 3.05) is 28.3 Å². The minimum atomic E-state index is -3.76. The summed E-state index contributed by atoms with van der Waals surface area (Å²) < 4.78 is 34.9. The van der Waals surface area contributed by atoms with Crippen molar-refractivity contribution in [2.24, 2.45) is 0 Å². The van der Waals surface area contributed by atoms with Gasteiger partial charge < -0.3 is 14.6 Å². The molecule has 0 spiro atoms. The van der Waals surface area contributed by atoms with Gasteiger partial charge in [-0.3, -0.25) is 0 Å². The second-order valence-electron chi connectivity index (χ2n) is 3.80. The Balaban J connectivity index is 3.64. The van der Waals surface area contributed by atoms with Gasteiger partial charge in [-0.15, -0.1) is 0 Å². The second-order valence-corrected chi connectivity index (χ2v) is 5.95. The average molecular weight is 289 g/mol. The number of carbonyl (C=O) groups is 1. The van der Waals surface area contributed by atoms with Crippen LogP contribution in [0.3, 0.4) is 0 Å². The van der Waals surface area contributed by atoms with Crippen LogP contribution in [-0.2, 0) is 10.0 Å². The van der Waals surface area contributed by atoms with Gasteiger partial charge in [0.25, 0.3) is 0 Å². The van der Waals surface area contributed by atoms with Crippen molar-refractivity contribution in [1.29, 1.82) is 0 Å². The first-order chi connectivity index (χ1) is 8.75. The molecular formula is C11H15NO6S. The highest BCUT2D eigenvalue weighted by molar-refractivity contribution is 7.89. The van der Waals surface area contributed by atoms with Gasteiger partial charge in [0.05, 0.1) is 19.1 Å². The van der Waals surface area contributed by atoms with Crippen LogP contribution in [0.4, 0.5) is 0 Å². The van der Waals surface area contributed by atoms with Gasteiger partial charge in [-0.25, -0.2) is 17.5 Å². The Morgan fingerprint density at radius 3 is 2.16 bits per heavy atom. The Morgan fingerprint density at radius 1 is 1.21 bits per heavy atom. The average Bonchev–Trinajstić information content (AvgIpc) is 2.36. The Labute approximate surface area is 111 Å². The number of carboxylic acid groups (broad SMARTS) is 1. The standard InChI is InChI=1S/C11H15NO6S/c1-12(2)19(15,16)7-5-8(11(13)14)10(18-4)9(6-7)17-3/h5-6H,1-4H3,(H,13,14). The Kier molecular flexibility index (Phi) is 4.38. The molecule has 106 valence electrons. The van der Waals surface area contributed by atoms with Crippen LogP contribution < -0.4 is 9.47 Å². The van der Waals surface area contributed by atoms with Crippen LogP contribution >= 0.6 is 0 Å². The predicted molar refractivity (Wildman–Crippen MR) is 67.4 cm³/mol. The number of sulfonamides is 1. The lowest BCUT2D eigenvalue weighted by Crippen LogP contribution is -2.22. The van der Waals surface area contributed by atoms with E-state index < -0.39 is 16.0 Å². The highest BCUT2D eigenvalue weighted by Gasteiger charge is 2.25. The molecule has 0 atom stereocenters. The van der Waals surface area contributed by atoms with Crippen LogP contribution in [0.1, 0.15) is 10.4 Å². The largest absolute Gasteiger partial charge is 0.493 e. The molecule has 0 aliphatic rings. The number of carboxylic acids is 1. The lowest BCUT2D eigenvalue weighted by Gasteiger charge is -2.15. The minimum absolute atomic E-state index is 0.0206. The smallest absolute Gasteiger partial charge is 0.339 e. The first-order valence-corrected chi connectivity index (χ1v) is 6.61. The van der Waals surface area contributed by atoms with Crippen LogP contribution in [0.5, 0.6) is 11.5 Å². The van der Waals surface area contributed by atoms with Gasteiger partial charge in [0, 0.05) is 20.2 Å². The minimum Gasteiger partial charge on any atom is -0.493 e. The van der Waals surface area contributed by atoms with E-state index >= 15 is 0 Å². The van der Waals surface area contributed by atoms with E-state index in [4.69, 9.17) is 14.6 Å². The molecule has 0 heterocycles. The zero-order valence-corrected chi connectivity index (χ0v) is 11.8. The number of hydrogen-bond acceptors (Lipinski definition) is 5. The van der Waals surface area contributed by atoms with Gasteiger partial charge in [0.2, 0.25) is 10.0 Å². The van der Waals surface area contributed by atoms with Gasteiger partial charge in [0.1, 0.15) is 5.56 Å². The molecule has 0 aromatic heterocycles. The van der Waals surface area contributed by atoms with Crippen molar-refractivity contribution in [3.8, 4) is 11.5 Å². The van der Waals surface area contributed by atoms with Crippen LogP contribution in [0.25, 0.3) is 0 Å². The third-order valence-electron chi connectivity index (χ3n) is 2.46. The Morgan fingerprint density at radius 2 is 1.79 bits per heavy atom. The molecule has 0 aliphatic carbocycles. The highest BCUT2D eigenvalue weighted by atomic mass is 32.2. The number of ether oxygens (including phenoxy) is 2. The molecule has 19 heavy (non-hydrogen) atoms. The van der Waals surface area contributed by atoms with Gasteiger partial charge in [-0.1, -0.05) is 0 Å². The molecule has 0 bridgehead atoms. The summed E-state index contributed by atoms with van der Waals surface area (Å²) in [7, 11) is 1.53. The summed E-state index contributed by atoms with van der Waals surface area (Å²) in [4.78, 5) is 11.0. The van der Waals surface area contributed by atoms with E-state index in [0.717, 1.165) is 10.4 Å². The number of benzene rings is 1. The zero-order chi connectivity index (χ0) is 14.8. The molecule has 0 unspecified atom stereocenters. The fraction of sp³-hybridized carbons (Fsp3) is 0.364. The maximum Gasteiger partial charge on any atom is 0.339 e. The summed E-state index contributed by atoms with van der Waals surface area (Å²) in [5, 5.41) is 9.10. The molecule has 0 aliphatic heterocycles. The van der Waals surface area contributed by atoms with Crippen LogP contribution in [0.2, 0.25) is 0 Å². The predicted octanol–water partition coefficient (Wildman–Crippen LogP) is 0.652. The summed E-state index contributed by atoms with van der Waals surface area (Å²) in [6.45, 7) is 0. The zero-order valence-electron chi connectivity index (χ0n) is 11.0. The van der Waals surface area contributed by atoms with Gasteiger partial charge in [-0.05, 0) is 6.07 Å². The fourth-order valence-electron chi connectivity index (χ4n) is 1.46. The number of nitrogens with zero attached hydrogens (tertiary/aromatic N) is 1. The molecule has 0 saturated heterocycles. The second kappa shape index (κ2) is 5.45. The normalized spacial score (nSPS) is 11.4. The van der Waals surface area contributed by atoms with Crippen LogP contribution in [0.15, 0.2) is 17.0 Å². The molecule has 1 aromatic rings. The molecule has 0 radical (unpaired) electrons. The summed E-state index contributed by atoms with van der Waals surface area (Å²) in [5.41, 5.74) is -0.276. The molecule has 7 nitrogen and oxygen atoms in total. The molecule has 0 fully saturated rings. The third kappa shape index (κ3) is 2.79. The molecule has 0 amide bonds. The van der Waals surface area contributed by atoms with E-state index in [9.17, 15) is 13.2 Å². The number of rotatable bonds is 5. The lowest BCUT2D eigenvalue weighted by atomic mass is 10.2. The summed E-state index contributed by atoms with van der Waals surface area (Å²) in [6, 6.07) is 2.26. The topological polar surface area (TPSA) is 93.1 Å². The number of aromatic carboxylic acids is 1. The lowest BCUT2D eigenvalue weighted by molar-refractivity contribution is 0.0692. The maximum absolute atomic E-state index is 12.0. The maximum atomic E-state index is 12.0. The van der Waals surface area contributed by atoms with Crippen LogP contribution in [-0.4, -0.2) is 52.1 Å². The Bertz CT molecular complexity index is 593. The van der Waals surface area contributed by atoms with Gasteiger partial charge in [-0.2, -0.15) is 0 Å². The van der Waals surface area contributed by atoms with Crippen molar-refractivity contribution >= 4 is 16.0 Å². The summed E-state index contributed by atoms with van der Waals surface area (Å²) in [5.74, 6) is -1.28. The monoisotopic (exact) mass is 289 g/mol. The number of hydrogen-bond donors (Lipinski definition) is 1. The van der Waals surface area contributed by atoms with Crippen molar-refractivity contribution < 1.29 is 27.8 Å². The molecular weight excluding hydrogens is 274 g/mol. The van der Waals surface area contributed by atoms with Crippen molar-refractivity contribution in [2.45, 2.75) is 4.90 Å². The Hall–Kier alpha value is -1.80. The van der Waals surface area contributed by atoms with E-state index in [2.05, 4.69) is 0 Å². The molecule has 8 heteroatoms. The molecule has 1 rings (SSSR count). The number of methoxy groups -OCH3 is 2. The molecule has 0 saturated carbocycles. The van der Waals surface area contributed by atoms with E-state index in [-0.39, 0.29) is 22.0 Å². The van der Waals surface area contributed by atoms with E-state index in [1.165, 1.54) is 34.4 Å². The summed E-state index contributed by atoms with van der Waals surface area (Å²) in [6.07, 6.45) is 0. The summed E-state index contributed by atoms with van der Waals surface area (Å²) >= 11 is 0.